The molecule has 0 amide bonds. The third-order valence-corrected chi connectivity index (χ3v) is 3.94. The van der Waals surface area contributed by atoms with Crippen molar-refractivity contribution in [1.82, 2.24) is 5.32 Å². The predicted molar refractivity (Wildman–Crippen MR) is 73.9 cm³/mol. The van der Waals surface area contributed by atoms with Gasteiger partial charge in [0.25, 0.3) is 0 Å². The van der Waals surface area contributed by atoms with Gasteiger partial charge in [0.05, 0.1) is 0 Å². The van der Waals surface area contributed by atoms with E-state index in [9.17, 15) is 5.11 Å². The third kappa shape index (κ3) is 7.05. The topological polar surface area (TPSA) is 32.3 Å². The first-order valence-electron chi connectivity index (χ1n) is 7.59. The number of rotatable bonds is 10. The van der Waals surface area contributed by atoms with Crippen LogP contribution in [0.15, 0.2) is 0 Å². The van der Waals surface area contributed by atoms with E-state index in [0.717, 1.165) is 31.1 Å². The second-order valence-corrected chi connectivity index (χ2v) is 5.91. The summed E-state index contributed by atoms with van der Waals surface area (Å²) in [4.78, 5) is 0. The van der Waals surface area contributed by atoms with Crippen LogP contribution in [-0.4, -0.2) is 17.4 Å². The molecule has 102 valence electrons. The van der Waals surface area contributed by atoms with Crippen molar-refractivity contribution < 1.29 is 5.11 Å². The molecule has 2 N–H and O–H groups in total. The lowest BCUT2D eigenvalue weighted by atomic mass is 9.92. The molecular formula is C15H31NO. The minimum absolute atomic E-state index is 0.302. The zero-order valence-electron chi connectivity index (χ0n) is 11.9. The van der Waals surface area contributed by atoms with E-state index in [-0.39, 0.29) is 6.23 Å². The third-order valence-electron chi connectivity index (χ3n) is 3.94. The standard InChI is InChI=1S/C15H31NO/c1-4-6-7-15(17)16-12(3)10-13(5-2)11-14-8-9-14/h12-17H,4-11H2,1-3H3. The summed E-state index contributed by atoms with van der Waals surface area (Å²) in [5.41, 5.74) is 0. The van der Waals surface area contributed by atoms with Crippen LogP contribution < -0.4 is 5.32 Å². The number of unbranched alkanes of at least 4 members (excludes halogenated alkanes) is 1. The molecule has 0 spiro atoms. The molecule has 0 radical (unpaired) electrons. The Morgan fingerprint density at radius 1 is 1.29 bits per heavy atom. The van der Waals surface area contributed by atoms with Gasteiger partial charge in [-0.25, -0.2) is 0 Å². The van der Waals surface area contributed by atoms with Crippen LogP contribution in [0.2, 0.25) is 0 Å². The molecule has 0 saturated heterocycles. The normalized spacial score (nSPS) is 21.2. The number of nitrogens with one attached hydrogen (secondary N) is 1. The molecule has 0 aliphatic heterocycles. The van der Waals surface area contributed by atoms with Gasteiger partial charge in [0.15, 0.2) is 0 Å². The fourth-order valence-electron chi connectivity index (χ4n) is 2.63. The molecule has 0 aromatic carbocycles. The van der Waals surface area contributed by atoms with Gasteiger partial charge < -0.3 is 5.11 Å². The van der Waals surface area contributed by atoms with Crippen molar-refractivity contribution in [2.45, 2.75) is 84.4 Å². The lowest BCUT2D eigenvalue weighted by molar-refractivity contribution is 0.107. The van der Waals surface area contributed by atoms with Crippen molar-refractivity contribution in [2.24, 2.45) is 11.8 Å². The summed E-state index contributed by atoms with van der Waals surface area (Å²) in [6.45, 7) is 6.68. The van der Waals surface area contributed by atoms with Crippen LogP contribution in [0, 0.1) is 11.8 Å². The second-order valence-electron chi connectivity index (χ2n) is 5.91. The Morgan fingerprint density at radius 2 is 2.00 bits per heavy atom. The second kappa shape index (κ2) is 8.10. The molecule has 0 heterocycles. The van der Waals surface area contributed by atoms with Crippen LogP contribution >= 0.6 is 0 Å². The highest BCUT2D eigenvalue weighted by atomic mass is 16.3. The molecule has 2 nitrogen and oxygen atoms in total. The lowest BCUT2D eigenvalue weighted by Crippen LogP contribution is -2.37. The Bertz CT molecular complexity index is 191. The van der Waals surface area contributed by atoms with Gasteiger partial charge in [-0.15, -0.1) is 0 Å². The van der Waals surface area contributed by atoms with E-state index < -0.39 is 0 Å². The largest absolute Gasteiger partial charge is 0.379 e. The van der Waals surface area contributed by atoms with E-state index in [2.05, 4.69) is 26.1 Å². The first-order valence-corrected chi connectivity index (χ1v) is 7.59. The van der Waals surface area contributed by atoms with Crippen LogP contribution in [0.25, 0.3) is 0 Å². The number of hydrogen-bond acceptors (Lipinski definition) is 2. The summed E-state index contributed by atoms with van der Waals surface area (Å²) in [6.07, 6.45) is 9.68. The van der Waals surface area contributed by atoms with E-state index in [0.29, 0.717) is 6.04 Å². The maximum Gasteiger partial charge on any atom is 0.105 e. The highest BCUT2D eigenvalue weighted by Crippen LogP contribution is 2.37. The predicted octanol–water partition coefficient (Wildman–Crippen LogP) is 3.69. The number of aliphatic hydroxyl groups is 1. The molecule has 0 bridgehead atoms. The summed E-state index contributed by atoms with van der Waals surface area (Å²) in [7, 11) is 0. The Kier molecular flexibility index (Phi) is 7.14. The van der Waals surface area contributed by atoms with Gasteiger partial charge >= 0.3 is 0 Å². The summed E-state index contributed by atoms with van der Waals surface area (Å²) >= 11 is 0. The van der Waals surface area contributed by atoms with Crippen molar-refractivity contribution in [3.05, 3.63) is 0 Å². The van der Waals surface area contributed by atoms with E-state index in [4.69, 9.17) is 0 Å². The average molecular weight is 241 g/mol. The van der Waals surface area contributed by atoms with Gasteiger partial charge in [-0.3, -0.25) is 5.32 Å². The minimum Gasteiger partial charge on any atom is -0.379 e. The molecule has 2 heteroatoms. The SMILES string of the molecule is CCCCC(O)NC(C)CC(CC)CC1CC1. The van der Waals surface area contributed by atoms with Crippen LogP contribution in [0.3, 0.4) is 0 Å². The van der Waals surface area contributed by atoms with E-state index in [1.807, 2.05) is 0 Å². The molecule has 0 aromatic heterocycles. The molecule has 1 fully saturated rings. The maximum absolute atomic E-state index is 9.82. The fraction of sp³-hybridized carbons (Fsp3) is 1.00. The quantitative estimate of drug-likeness (QED) is 0.572. The van der Waals surface area contributed by atoms with Gasteiger partial charge in [0.2, 0.25) is 0 Å². The van der Waals surface area contributed by atoms with Crippen molar-refractivity contribution >= 4 is 0 Å². The molecule has 1 saturated carbocycles. The minimum atomic E-state index is -0.302. The molecule has 1 aliphatic carbocycles. The van der Waals surface area contributed by atoms with Crippen molar-refractivity contribution in [3.63, 3.8) is 0 Å². The van der Waals surface area contributed by atoms with E-state index in [1.54, 1.807) is 0 Å². The number of aliphatic hydroxyl groups excluding tert-OH is 1. The van der Waals surface area contributed by atoms with Crippen molar-refractivity contribution in [2.75, 3.05) is 0 Å². The average Bonchev–Trinajstić information content (AvgIpc) is 3.09. The van der Waals surface area contributed by atoms with Gasteiger partial charge in [-0.05, 0) is 44.4 Å². The van der Waals surface area contributed by atoms with Crippen LogP contribution in [0.5, 0.6) is 0 Å². The van der Waals surface area contributed by atoms with Gasteiger partial charge in [0, 0.05) is 6.04 Å². The first-order chi connectivity index (χ1) is 8.15. The highest BCUT2D eigenvalue weighted by Gasteiger charge is 2.25. The molecule has 3 unspecified atom stereocenters. The Balaban J connectivity index is 2.14. The zero-order chi connectivity index (χ0) is 12.7. The monoisotopic (exact) mass is 241 g/mol. The van der Waals surface area contributed by atoms with Crippen LogP contribution in [0.4, 0.5) is 0 Å². The van der Waals surface area contributed by atoms with Crippen LogP contribution in [0.1, 0.15) is 72.1 Å². The number of hydrogen-bond donors (Lipinski definition) is 2. The highest BCUT2D eigenvalue weighted by molar-refractivity contribution is 4.78. The van der Waals surface area contributed by atoms with E-state index in [1.165, 1.54) is 32.1 Å². The molecular weight excluding hydrogens is 210 g/mol. The van der Waals surface area contributed by atoms with Crippen molar-refractivity contribution in [1.29, 1.82) is 0 Å². The Hall–Kier alpha value is -0.0800. The summed E-state index contributed by atoms with van der Waals surface area (Å²) in [5, 5.41) is 13.1. The molecule has 0 aromatic rings. The molecule has 1 rings (SSSR count). The zero-order valence-corrected chi connectivity index (χ0v) is 11.9. The summed E-state index contributed by atoms with van der Waals surface area (Å²) < 4.78 is 0. The summed E-state index contributed by atoms with van der Waals surface area (Å²) in [6, 6.07) is 0.450. The van der Waals surface area contributed by atoms with Gasteiger partial charge in [-0.1, -0.05) is 39.5 Å². The summed E-state index contributed by atoms with van der Waals surface area (Å²) in [5.74, 6) is 1.88. The molecule has 17 heavy (non-hydrogen) atoms. The maximum atomic E-state index is 9.82. The molecule has 1 aliphatic rings. The van der Waals surface area contributed by atoms with E-state index >= 15 is 0 Å². The van der Waals surface area contributed by atoms with Gasteiger partial charge in [0.1, 0.15) is 6.23 Å². The Morgan fingerprint density at radius 3 is 2.53 bits per heavy atom. The van der Waals surface area contributed by atoms with Crippen molar-refractivity contribution in [3.8, 4) is 0 Å². The fourth-order valence-corrected chi connectivity index (χ4v) is 2.63. The molecule has 3 atom stereocenters. The van der Waals surface area contributed by atoms with Crippen LogP contribution in [-0.2, 0) is 0 Å². The lowest BCUT2D eigenvalue weighted by Gasteiger charge is -2.23. The van der Waals surface area contributed by atoms with Gasteiger partial charge in [-0.2, -0.15) is 0 Å². The smallest absolute Gasteiger partial charge is 0.105 e. The first kappa shape index (κ1) is 15.0. The Labute approximate surface area is 107 Å².